The number of nitrogens with zero attached hydrogens (tertiary/aromatic N) is 2. The van der Waals surface area contributed by atoms with E-state index in [1.165, 1.54) is 18.4 Å². The normalized spacial score (nSPS) is 18.5. The van der Waals surface area contributed by atoms with Gasteiger partial charge < -0.3 is 10.1 Å². The number of hydrogen-bond acceptors (Lipinski definition) is 3. The Bertz CT molecular complexity index is 603. The molecule has 118 valence electrons. The topological polar surface area (TPSA) is 39.1 Å². The summed E-state index contributed by atoms with van der Waals surface area (Å²) in [7, 11) is 1.95. The Morgan fingerprint density at radius 3 is 2.82 bits per heavy atom. The molecule has 0 spiro atoms. The zero-order chi connectivity index (χ0) is 15.4. The maximum Gasteiger partial charge on any atom is 0.0771 e. The van der Waals surface area contributed by atoms with Crippen molar-refractivity contribution in [1.29, 1.82) is 0 Å². The van der Waals surface area contributed by atoms with Crippen molar-refractivity contribution in [3.8, 4) is 11.3 Å². The van der Waals surface area contributed by atoms with Gasteiger partial charge in [-0.1, -0.05) is 28.1 Å². The molecule has 0 radical (unpaired) electrons. The summed E-state index contributed by atoms with van der Waals surface area (Å²) in [5.41, 5.74) is 3.41. The first-order valence-electron chi connectivity index (χ1n) is 7.85. The summed E-state index contributed by atoms with van der Waals surface area (Å²) in [5, 5.41) is 7.93. The first-order chi connectivity index (χ1) is 10.8. The van der Waals surface area contributed by atoms with E-state index in [4.69, 9.17) is 9.84 Å². The van der Waals surface area contributed by atoms with Gasteiger partial charge >= 0.3 is 0 Å². The molecule has 1 N–H and O–H groups in total. The van der Waals surface area contributed by atoms with E-state index in [0.717, 1.165) is 42.0 Å². The van der Waals surface area contributed by atoms with Crippen LogP contribution in [0.25, 0.3) is 11.3 Å². The standard InChI is InChI=1S/C17H22BrN3O/c1-19-11-15-10-17(13-5-7-14(18)8-6-13)21(20-15)12-16-4-2-3-9-22-16/h5-8,10,16,19H,2-4,9,11-12H2,1H3. The van der Waals surface area contributed by atoms with E-state index in [9.17, 15) is 0 Å². The molecule has 2 aromatic rings. The van der Waals surface area contributed by atoms with Crippen LogP contribution in [0.3, 0.4) is 0 Å². The maximum atomic E-state index is 5.88. The van der Waals surface area contributed by atoms with E-state index in [1.807, 2.05) is 7.05 Å². The molecule has 0 amide bonds. The number of aromatic nitrogens is 2. The fourth-order valence-electron chi connectivity index (χ4n) is 2.87. The van der Waals surface area contributed by atoms with Gasteiger partial charge in [0, 0.05) is 17.6 Å². The minimum atomic E-state index is 0.283. The molecule has 1 atom stereocenters. The average Bonchev–Trinajstić information content (AvgIpc) is 2.92. The number of nitrogens with one attached hydrogen (secondary N) is 1. The number of hydrogen-bond donors (Lipinski definition) is 1. The third-order valence-corrected chi connectivity index (χ3v) is 4.51. The number of rotatable bonds is 5. The molecule has 5 heteroatoms. The second-order valence-electron chi connectivity index (χ2n) is 5.73. The molecule has 1 fully saturated rings. The van der Waals surface area contributed by atoms with Crippen LogP contribution in [-0.4, -0.2) is 29.5 Å². The van der Waals surface area contributed by atoms with E-state index in [2.05, 4.69) is 56.3 Å². The average molecular weight is 364 g/mol. The van der Waals surface area contributed by atoms with Crippen molar-refractivity contribution in [2.75, 3.05) is 13.7 Å². The largest absolute Gasteiger partial charge is 0.376 e. The summed E-state index contributed by atoms with van der Waals surface area (Å²) in [5.74, 6) is 0. The molecule has 1 unspecified atom stereocenters. The van der Waals surface area contributed by atoms with E-state index in [0.29, 0.717) is 0 Å². The predicted octanol–water partition coefficient (Wildman–Crippen LogP) is 3.60. The highest BCUT2D eigenvalue weighted by molar-refractivity contribution is 9.10. The lowest BCUT2D eigenvalue weighted by Gasteiger charge is -2.23. The van der Waals surface area contributed by atoms with Gasteiger partial charge in [0.25, 0.3) is 0 Å². The SMILES string of the molecule is CNCc1cc(-c2ccc(Br)cc2)n(CC2CCCCO2)n1. The highest BCUT2D eigenvalue weighted by Gasteiger charge is 2.18. The van der Waals surface area contributed by atoms with Crippen molar-refractivity contribution in [2.24, 2.45) is 0 Å². The number of ether oxygens (including phenoxy) is 1. The van der Waals surface area contributed by atoms with Crippen molar-refractivity contribution in [3.63, 3.8) is 0 Å². The van der Waals surface area contributed by atoms with E-state index in [-0.39, 0.29) is 6.10 Å². The summed E-state index contributed by atoms with van der Waals surface area (Å²) in [4.78, 5) is 0. The van der Waals surface area contributed by atoms with Crippen molar-refractivity contribution in [3.05, 3.63) is 40.5 Å². The van der Waals surface area contributed by atoms with Gasteiger partial charge in [0.2, 0.25) is 0 Å². The Kier molecular flexibility index (Phi) is 5.28. The zero-order valence-electron chi connectivity index (χ0n) is 12.9. The Morgan fingerprint density at radius 1 is 1.32 bits per heavy atom. The summed E-state index contributed by atoms with van der Waals surface area (Å²) in [6.07, 6.45) is 3.84. The smallest absolute Gasteiger partial charge is 0.0771 e. The molecule has 0 bridgehead atoms. The summed E-state index contributed by atoms with van der Waals surface area (Å²) in [6.45, 7) is 2.49. The fraction of sp³-hybridized carbons (Fsp3) is 0.471. The van der Waals surface area contributed by atoms with Crippen LogP contribution in [0.2, 0.25) is 0 Å². The first-order valence-corrected chi connectivity index (χ1v) is 8.64. The molecule has 2 heterocycles. The zero-order valence-corrected chi connectivity index (χ0v) is 14.5. The minimum absolute atomic E-state index is 0.283. The van der Waals surface area contributed by atoms with Crippen molar-refractivity contribution >= 4 is 15.9 Å². The Balaban J connectivity index is 1.87. The molecular weight excluding hydrogens is 342 g/mol. The quantitative estimate of drug-likeness (QED) is 0.881. The monoisotopic (exact) mass is 363 g/mol. The fourth-order valence-corrected chi connectivity index (χ4v) is 3.14. The van der Waals surface area contributed by atoms with E-state index >= 15 is 0 Å². The predicted molar refractivity (Wildman–Crippen MR) is 91.7 cm³/mol. The van der Waals surface area contributed by atoms with Gasteiger partial charge in [0.1, 0.15) is 0 Å². The Morgan fingerprint density at radius 2 is 2.14 bits per heavy atom. The van der Waals surface area contributed by atoms with Crippen LogP contribution in [-0.2, 0) is 17.8 Å². The molecule has 1 aromatic carbocycles. The van der Waals surface area contributed by atoms with Crippen molar-refractivity contribution in [1.82, 2.24) is 15.1 Å². The summed E-state index contributed by atoms with van der Waals surface area (Å²) < 4.78 is 9.07. The molecule has 1 saturated heterocycles. The lowest BCUT2D eigenvalue weighted by molar-refractivity contribution is 0.00423. The second-order valence-corrected chi connectivity index (χ2v) is 6.64. The van der Waals surface area contributed by atoms with Crippen LogP contribution >= 0.6 is 15.9 Å². The highest BCUT2D eigenvalue weighted by atomic mass is 79.9. The van der Waals surface area contributed by atoms with E-state index < -0.39 is 0 Å². The van der Waals surface area contributed by atoms with Gasteiger partial charge in [0.05, 0.1) is 24.0 Å². The molecule has 1 aliphatic rings. The van der Waals surface area contributed by atoms with Gasteiger partial charge in [0.15, 0.2) is 0 Å². The summed E-state index contributed by atoms with van der Waals surface area (Å²) >= 11 is 3.49. The van der Waals surface area contributed by atoms with Gasteiger partial charge in [-0.3, -0.25) is 4.68 Å². The van der Waals surface area contributed by atoms with Gasteiger partial charge in [-0.05, 0) is 50.1 Å². The van der Waals surface area contributed by atoms with Crippen LogP contribution in [0.15, 0.2) is 34.8 Å². The van der Waals surface area contributed by atoms with Crippen LogP contribution in [0.4, 0.5) is 0 Å². The third kappa shape index (κ3) is 3.77. The van der Waals surface area contributed by atoms with Crippen LogP contribution in [0.1, 0.15) is 25.0 Å². The molecular formula is C17H22BrN3O. The summed E-state index contributed by atoms with van der Waals surface area (Å²) in [6, 6.07) is 10.6. The van der Waals surface area contributed by atoms with Crippen LogP contribution in [0.5, 0.6) is 0 Å². The van der Waals surface area contributed by atoms with E-state index in [1.54, 1.807) is 0 Å². The van der Waals surface area contributed by atoms with Crippen LogP contribution in [0, 0.1) is 0 Å². The Labute approximate surface area is 140 Å². The van der Waals surface area contributed by atoms with Crippen molar-refractivity contribution < 1.29 is 4.74 Å². The number of halogens is 1. The lowest BCUT2D eigenvalue weighted by Crippen LogP contribution is -2.25. The molecule has 1 aliphatic heterocycles. The first kappa shape index (κ1) is 15.7. The van der Waals surface area contributed by atoms with Gasteiger partial charge in [-0.15, -0.1) is 0 Å². The molecule has 22 heavy (non-hydrogen) atoms. The third-order valence-electron chi connectivity index (χ3n) is 3.98. The second kappa shape index (κ2) is 7.40. The lowest BCUT2D eigenvalue weighted by atomic mass is 10.1. The molecule has 0 aliphatic carbocycles. The van der Waals surface area contributed by atoms with Gasteiger partial charge in [-0.2, -0.15) is 5.10 Å². The number of benzene rings is 1. The van der Waals surface area contributed by atoms with Gasteiger partial charge in [-0.25, -0.2) is 0 Å². The minimum Gasteiger partial charge on any atom is -0.376 e. The maximum absolute atomic E-state index is 5.88. The highest BCUT2D eigenvalue weighted by Crippen LogP contribution is 2.24. The van der Waals surface area contributed by atoms with Crippen LogP contribution < -0.4 is 5.32 Å². The Hall–Kier alpha value is -1.17. The molecule has 4 nitrogen and oxygen atoms in total. The molecule has 1 aromatic heterocycles. The van der Waals surface area contributed by atoms with Crippen molar-refractivity contribution in [2.45, 2.75) is 38.5 Å². The molecule has 3 rings (SSSR count). The molecule has 0 saturated carbocycles.